The number of amides is 1. The number of ether oxygens (including phenoxy) is 1. The molecule has 0 aromatic rings. The Bertz CT molecular complexity index is 215. The number of aliphatic hydroxyl groups is 1. The summed E-state index contributed by atoms with van der Waals surface area (Å²) < 4.78 is 18.5. The second-order valence-corrected chi connectivity index (χ2v) is 3.88. The molecule has 1 rings (SSSR count). The zero-order valence-corrected chi connectivity index (χ0v) is 8.49. The number of halogens is 1. The zero-order valence-electron chi connectivity index (χ0n) is 8.49. The molecule has 1 aliphatic rings. The topological polar surface area (TPSA) is 49.8 Å². The van der Waals surface area contributed by atoms with E-state index in [0.717, 1.165) is 0 Å². The minimum absolute atomic E-state index is 0.193. The van der Waals surface area contributed by atoms with Crippen LogP contribution in [0.5, 0.6) is 0 Å². The van der Waals surface area contributed by atoms with Gasteiger partial charge in [0.1, 0.15) is 0 Å². The summed E-state index contributed by atoms with van der Waals surface area (Å²) in [5, 5.41) is 8.98. The van der Waals surface area contributed by atoms with Gasteiger partial charge in [-0.15, -0.1) is 0 Å². The van der Waals surface area contributed by atoms with Gasteiger partial charge in [-0.1, -0.05) is 0 Å². The smallest absolute Gasteiger partial charge is 0.260 e. The molecule has 82 valence electrons. The molecule has 5 heteroatoms. The SMILES string of the molecule is CC(C)(F)C(=O)N1CCOCC1CO. The summed E-state index contributed by atoms with van der Waals surface area (Å²) in [5.74, 6) is -0.583. The quantitative estimate of drug-likeness (QED) is 0.688. The van der Waals surface area contributed by atoms with Crippen molar-refractivity contribution in [1.82, 2.24) is 4.90 Å². The zero-order chi connectivity index (χ0) is 10.8. The third-order valence-corrected chi connectivity index (χ3v) is 2.21. The number of alkyl halides is 1. The van der Waals surface area contributed by atoms with Crippen molar-refractivity contribution in [2.45, 2.75) is 25.6 Å². The van der Waals surface area contributed by atoms with Crippen molar-refractivity contribution in [3.8, 4) is 0 Å². The Morgan fingerprint density at radius 2 is 2.36 bits per heavy atom. The average molecular weight is 205 g/mol. The highest BCUT2D eigenvalue weighted by Crippen LogP contribution is 2.17. The largest absolute Gasteiger partial charge is 0.394 e. The van der Waals surface area contributed by atoms with E-state index in [4.69, 9.17) is 9.84 Å². The Labute approximate surface area is 82.6 Å². The van der Waals surface area contributed by atoms with E-state index >= 15 is 0 Å². The number of hydrogen-bond acceptors (Lipinski definition) is 3. The van der Waals surface area contributed by atoms with Gasteiger partial charge in [-0.05, 0) is 13.8 Å². The van der Waals surface area contributed by atoms with Crippen molar-refractivity contribution >= 4 is 5.91 Å². The fourth-order valence-corrected chi connectivity index (χ4v) is 1.41. The standard InChI is InChI=1S/C9H16FNO3/c1-9(2,10)8(13)11-3-4-14-6-7(11)5-12/h7,12H,3-6H2,1-2H3. The summed E-state index contributed by atoms with van der Waals surface area (Å²) in [6.07, 6.45) is 0. The maximum Gasteiger partial charge on any atom is 0.260 e. The molecular formula is C9H16FNO3. The highest BCUT2D eigenvalue weighted by atomic mass is 19.1. The molecular weight excluding hydrogens is 189 g/mol. The van der Waals surface area contributed by atoms with Crippen molar-refractivity contribution in [3.05, 3.63) is 0 Å². The number of carbonyl (C=O) groups is 1. The maximum absolute atomic E-state index is 13.4. The van der Waals surface area contributed by atoms with Crippen molar-refractivity contribution in [1.29, 1.82) is 0 Å². The van der Waals surface area contributed by atoms with Gasteiger partial charge >= 0.3 is 0 Å². The first-order valence-corrected chi connectivity index (χ1v) is 4.65. The first-order valence-electron chi connectivity index (χ1n) is 4.65. The number of morpholine rings is 1. The van der Waals surface area contributed by atoms with Gasteiger partial charge in [-0.25, -0.2) is 4.39 Å². The van der Waals surface area contributed by atoms with Crippen LogP contribution in [-0.2, 0) is 9.53 Å². The summed E-state index contributed by atoms with van der Waals surface area (Å²) in [6, 6.07) is -0.411. The summed E-state index contributed by atoms with van der Waals surface area (Å²) in [6.45, 7) is 3.27. The number of rotatable bonds is 2. The van der Waals surface area contributed by atoms with E-state index in [9.17, 15) is 9.18 Å². The Balaban J connectivity index is 2.69. The van der Waals surface area contributed by atoms with Gasteiger partial charge in [0.25, 0.3) is 5.91 Å². The van der Waals surface area contributed by atoms with E-state index < -0.39 is 17.6 Å². The maximum atomic E-state index is 13.4. The molecule has 1 heterocycles. The van der Waals surface area contributed by atoms with E-state index in [0.29, 0.717) is 13.2 Å². The molecule has 4 nitrogen and oxygen atoms in total. The van der Waals surface area contributed by atoms with Gasteiger partial charge in [0.2, 0.25) is 0 Å². The van der Waals surface area contributed by atoms with Gasteiger partial charge < -0.3 is 14.7 Å². The van der Waals surface area contributed by atoms with Crippen LogP contribution in [0.25, 0.3) is 0 Å². The van der Waals surface area contributed by atoms with Crippen molar-refractivity contribution in [2.24, 2.45) is 0 Å². The van der Waals surface area contributed by atoms with Crippen LogP contribution < -0.4 is 0 Å². The lowest BCUT2D eigenvalue weighted by Gasteiger charge is -2.36. The number of carbonyl (C=O) groups excluding carboxylic acids is 1. The summed E-state index contributed by atoms with van der Waals surface area (Å²) in [7, 11) is 0. The summed E-state index contributed by atoms with van der Waals surface area (Å²) in [5.41, 5.74) is -1.88. The molecule has 1 fully saturated rings. The number of nitrogens with zero attached hydrogens (tertiary/aromatic N) is 1. The van der Waals surface area contributed by atoms with Crippen LogP contribution in [-0.4, -0.2) is 54.0 Å². The van der Waals surface area contributed by atoms with Crippen molar-refractivity contribution in [3.63, 3.8) is 0 Å². The molecule has 1 saturated heterocycles. The van der Waals surface area contributed by atoms with Crippen LogP contribution in [0.2, 0.25) is 0 Å². The molecule has 0 spiro atoms. The molecule has 0 radical (unpaired) electrons. The molecule has 1 atom stereocenters. The van der Waals surface area contributed by atoms with Crippen LogP contribution in [0, 0.1) is 0 Å². The van der Waals surface area contributed by atoms with Crippen molar-refractivity contribution in [2.75, 3.05) is 26.4 Å². The van der Waals surface area contributed by atoms with E-state index in [2.05, 4.69) is 0 Å². The second kappa shape index (κ2) is 4.23. The van der Waals surface area contributed by atoms with Crippen LogP contribution in [0.3, 0.4) is 0 Å². The molecule has 1 aliphatic heterocycles. The van der Waals surface area contributed by atoms with E-state index in [1.165, 1.54) is 18.7 Å². The van der Waals surface area contributed by atoms with E-state index in [1.807, 2.05) is 0 Å². The van der Waals surface area contributed by atoms with Gasteiger partial charge in [0.15, 0.2) is 5.67 Å². The lowest BCUT2D eigenvalue weighted by Crippen LogP contribution is -2.55. The fourth-order valence-electron chi connectivity index (χ4n) is 1.41. The normalized spacial score (nSPS) is 23.7. The summed E-state index contributed by atoms with van der Waals surface area (Å²) >= 11 is 0. The molecule has 0 aromatic carbocycles. The lowest BCUT2D eigenvalue weighted by molar-refractivity contribution is -0.152. The van der Waals surface area contributed by atoms with Gasteiger partial charge in [0.05, 0.1) is 25.9 Å². The predicted molar refractivity (Wildman–Crippen MR) is 48.6 cm³/mol. The molecule has 0 saturated carbocycles. The van der Waals surface area contributed by atoms with Crippen LogP contribution in [0.1, 0.15) is 13.8 Å². The first kappa shape index (κ1) is 11.4. The van der Waals surface area contributed by atoms with Crippen LogP contribution in [0.4, 0.5) is 4.39 Å². The molecule has 1 amide bonds. The molecule has 14 heavy (non-hydrogen) atoms. The Kier molecular flexibility index (Phi) is 3.44. The minimum Gasteiger partial charge on any atom is -0.394 e. The first-order chi connectivity index (χ1) is 6.46. The Morgan fingerprint density at radius 1 is 1.71 bits per heavy atom. The fraction of sp³-hybridized carbons (Fsp3) is 0.889. The third-order valence-electron chi connectivity index (χ3n) is 2.21. The molecule has 1 unspecified atom stereocenters. The Hall–Kier alpha value is -0.680. The number of hydrogen-bond donors (Lipinski definition) is 1. The van der Waals surface area contributed by atoms with E-state index in [-0.39, 0.29) is 13.2 Å². The van der Waals surface area contributed by atoms with Crippen LogP contribution in [0.15, 0.2) is 0 Å². The molecule has 0 bridgehead atoms. The van der Waals surface area contributed by atoms with Crippen LogP contribution >= 0.6 is 0 Å². The monoisotopic (exact) mass is 205 g/mol. The van der Waals surface area contributed by atoms with Crippen molar-refractivity contribution < 1.29 is 19.0 Å². The highest BCUT2D eigenvalue weighted by molar-refractivity contribution is 5.84. The van der Waals surface area contributed by atoms with Gasteiger partial charge in [0, 0.05) is 6.54 Å². The van der Waals surface area contributed by atoms with E-state index in [1.54, 1.807) is 0 Å². The highest BCUT2D eigenvalue weighted by Gasteiger charge is 2.36. The van der Waals surface area contributed by atoms with Gasteiger partial charge in [-0.2, -0.15) is 0 Å². The molecule has 1 N–H and O–H groups in total. The Morgan fingerprint density at radius 3 is 2.86 bits per heavy atom. The minimum atomic E-state index is -1.88. The average Bonchev–Trinajstić information content (AvgIpc) is 2.15. The predicted octanol–water partition coefficient (Wildman–Crippen LogP) is -0.0458. The molecule has 0 aliphatic carbocycles. The van der Waals surface area contributed by atoms with Gasteiger partial charge in [-0.3, -0.25) is 4.79 Å². The number of aliphatic hydroxyl groups excluding tert-OH is 1. The second-order valence-electron chi connectivity index (χ2n) is 3.88. The third kappa shape index (κ3) is 2.42. The lowest BCUT2D eigenvalue weighted by atomic mass is 10.1. The summed E-state index contributed by atoms with van der Waals surface area (Å²) in [4.78, 5) is 12.9. The molecule has 0 aromatic heterocycles.